The molecule has 0 fully saturated rings. The van der Waals surface area contributed by atoms with Gasteiger partial charge >= 0.3 is 5.97 Å². The Morgan fingerprint density at radius 1 is 0.962 bits per heavy atom. The van der Waals surface area contributed by atoms with E-state index in [2.05, 4.69) is 6.92 Å². The standard InChI is InChI=1S/C12H22O4S.C5H12O4/c1-4-5-6-7-8-16-12(15)10(3)17-9(2)11(13)14;6-1-5(2-7,3-8)4-9/h9-10H,4-8H2,1-3H3,(H,13,14);6-9H,1-4H2/p-1. The monoisotopic (exact) mass is 397 g/mol. The second-order valence-corrected chi connectivity index (χ2v) is 7.79. The Bertz CT molecular complexity index is 356. The molecule has 0 aromatic rings. The first-order chi connectivity index (χ1) is 12.2. The second kappa shape index (κ2) is 16.3. The van der Waals surface area contributed by atoms with Crippen LogP contribution in [0.25, 0.3) is 0 Å². The summed E-state index contributed by atoms with van der Waals surface area (Å²) in [7, 11) is 0. The van der Waals surface area contributed by atoms with Crippen LogP contribution in [0.4, 0.5) is 0 Å². The number of rotatable bonds is 13. The van der Waals surface area contributed by atoms with Crippen molar-refractivity contribution in [3.05, 3.63) is 0 Å². The Morgan fingerprint density at radius 3 is 1.81 bits per heavy atom. The molecule has 0 aliphatic rings. The summed E-state index contributed by atoms with van der Waals surface area (Å²) in [5, 5.41) is 43.3. The van der Waals surface area contributed by atoms with Crippen LogP contribution in [0.15, 0.2) is 0 Å². The zero-order valence-corrected chi connectivity index (χ0v) is 16.7. The topological polar surface area (TPSA) is 147 Å². The van der Waals surface area contributed by atoms with Crippen molar-refractivity contribution in [2.24, 2.45) is 5.41 Å². The third-order valence-corrected chi connectivity index (χ3v) is 4.86. The minimum Gasteiger partial charge on any atom is -0.549 e. The third kappa shape index (κ3) is 12.5. The molecular formula is C17H33O8S-. The number of carbonyl (C=O) groups excluding carboxylic acids is 2. The molecule has 0 amide bonds. The highest BCUT2D eigenvalue weighted by molar-refractivity contribution is 8.01. The maximum absolute atomic E-state index is 11.5. The van der Waals surface area contributed by atoms with Crippen LogP contribution in [0.3, 0.4) is 0 Å². The van der Waals surface area contributed by atoms with E-state index in [4.69, 9.17) is 25.2 Å². The fourth-order valence-electron chi connectivity index (χ4n) is 1.54. The zero-order valence-electron chi connectivity index (χ0n) is 15.8. The molecule has 0 aromatic heterocycles. The molecule has 0 heterocycles. The maximum atomic E-state index is 11.5. The highest BCUT2D eigenvalue weighted by atomic mass is 32.2. The number of esters is 1. The number of carboxylic acid groups (broad SMARTS) is 1. The zero-order chi connectivity index (χ0) is 20.6. The van der Waals surface area contributed by atoms with Gasteiger partial charge in [0, 0.05) is 5.25 Å². The Balaban J connectivity index is 0. The van der Waals surface area contributed by atoms with Crippen molar-refractivity contribution in [1.29, 1.82) is 0 Å². The van der Waals surface area contributed by atoms with Crippen molar-refractivity contribution >= 4 is 23.7 Å². The molecule has 2 atom stereocenters. The van der Waals surface area contributed by atoms with Gasteiger partial charge < -0.3 is 35.1 Å². The summed E-state index contributed by atoms with van der Waals surface area (Å²) >= 11 is 1.05. The summed E-state index contributed by atoms with van der Waals surface area (Å²) in [6.07, 6.45) is 4.21. The Kier molecular flexibility index (Phi) is 17.2. The SMILES string of the molecule is CCCCCCOC(=O)C(C)SC(C)C(=O)[O-].OCC(CO)(CO)CO. The van der Waals surface area contributed by atoms with E-state index in [0.29, 0.717) is 6.61 Å². The molecule has 0 radical (unpaired) electrons. The number of ether oxygens (including phenoxy) is 1. The van der Waals surface area contributed by atoms with Crippen LogP contribution in [-0.2, 0) is 14.3 Å². The summed E-state index contributed by atoms with van der Waals surface area (Å²) in [5.74, 6) is -1.50. The summed E-state index contributed by atoms with van der Waals surface area (Å²) < 4.78 is 5.06. The van der Waals surface area contributed by atoms with Crippen molar-refractivity contribution in [2.75, 3.05) is 33.0 Å². The minimum absolute atomic E-state index is 0.348. The number of aliphatic hydroxyl groups is 4. The fourth-order valence-corrected chi connectivity index (χ4v) is 2.44. The first-order valence-corrected chi connectivity index (χ1v) is 9.64. The lowest BCUT2D eigenvalue weighted by Gasteiger charge is -2.23. The average molecular weight is 398 g/mol. The van der Waals surface area contributed by atoms with Gasteiger partial charge in [-0.1, -0.05) is 26.2 Å². The van der Waals surface area contributed by atoms with E-state index < -0.39 is 48.3 Å². The van der Waals surface area contributed by atoms with Crippen molar-refractivity contribution in [3.8, 4) is 0 Å². The number of aliphatic hydroxyl groups excluding tert-OH is 4. The van der Waals surface area contributed by atoms with Crippen molar-refractivity contribution in [2.45, 2.75) is 57.0 Å². The molecule has 0 aromatic carbocycles. The van der Waals surface area contributed by atoms with Gasteiger partial charge in [-0.2, -0.15) is 0 Å². The molecule has 0 aliphatic heterocycles. The highest BCUT2D eigenvalue weighted by Gasteiger charge is 2.26. The molecule has 0 saturated heterocycles. The lowest BCUT2D eigenvalue weighted by atomic mass is 9.93. The lowest BCUT2D eigenvalue weighted by molar-refractivity contribution is -0.304. The fraction of sp³-hybridized carbons (Fsp3) is 0.882. The van der Waals surface area contributed by atoms with E-state index >= 15 is 0 Å². The molecule has 0 spiro atoms. The van der Waals surface area contributed by atoms with E-state index in [1.807, 2.05) is 0 Å². The largest absolute Gasteiger partial charge is 0.549 e. The molecular weight excluding hydrogens is 364 g/mol. The molecule has 0 bridgehead atoms. The molecule has 0 aliphatic carbocycles. The van der Waals surface area contributed by atoms with E-state index in [1.54, 1.807) is 6.92 Å². The van der Waals surface area contributed by atoms with Crippen LogP contribution in [-0.4, -0.2) is 75.9 Å². The lowest BCUT2D eigenvalue weighted by Crippen LogP contribution is -2.37. The van der Waals surface area contributed by atoms with Crippen molar-refractivity contribution < 1.29 is 39.9 Å². The molecule has 9 heteroatoms. The van der Waals surface area contributed by atoms with Crippen LogP contribution < -0.4 is 5.11 Å². The van der Waals surface area contributed by atoms with Gasteiger partial charge in [0.15, 0.2) is 0 Å². The van der Waals surface area contributed by atoms with Gasteiger partial charge in [0.25, 0.3) is 0 Å². The first-order valence-electron chi connectivity index (χ1n) is 8.69. The van der Waals surface area contributed by atoms with Crippen LogP contribution in [0.2, 0.25) is 0 Å². The number of unbranched alkanes of at least 4 members (excludes halogenated alkanes) is 3. The van der Waals surface area contributed by atoms with Crippen LogP contribution in [0.1, 0.15) is 46.5 Å². The number of hydrogen-bond acceptors (Lipinski definition) is 9. The van der Waals surface area contributed by atoms with Crippen molar-refractivity contribution in [3.63, 3.8) is 0 Å². The number of hydrogen-bond donors (Lipinski definition) is 4. The summed E-state index contributed by atoms with van der Waals surface area (Å²) in [6.45, 7) is 4.07. The smallest absolute Gasteiger partial charge is 0.318 e. The number of carbonyl (C=O) groups is 2. The molecule has 0 saturated carbocycles. The van der Waals surface area contributed by atoms with E-state index in [-0.39, 0.29) is 5.97 Å². The van der Waals surface area contributed by atoms with E-state index in [9.17, 15) is 14.7 Å². The van der Waals surface area contributed by atoms with Gasteiger partial charge in [0.1, 0.15) is 5.25 Å². The van der Waals surface area contributed by atoms with Gasteiger partial charge in [-0.25, -0.2) is 0 Å². The summed E-state index contributed by atoms with van der Waals surface area (Å²) in [6, 6.07) is 0. The number of aliphatic carboxylic acids is 1. The molecule has 2 unspecified atom stereocenters. The van der Waals surface area contributed by atoms with E-state index in [0.717, 1.165) is 37.4 Å². The average Bonchev–Trinajstić information content (AvgIpc) is 2.64. The molecule has 26 heavy (non-hydrogen) atoms. The first kappa shape index (κ1) is 27.3. The number of thioether (sulfide) groups is 1. The van der Waals surface area contributed by atoms with Crippen LogP contribution in [0.5, 0.6) is 0 Å². The van der Waals surface area contributed by atoms with Gasteiger partial charge in [0.05, 0.1) is 44.4 Å². The summed E-state index contributed by atoms with van der Waals surface area (Å²) in [5.41, 5.74) is -1.11. The Morgan fingerprint density at radius 2 is 1.46 bits per heavy atom. The van der Waals surface area contributed by atoms with Gasteiger partial charge in [-0.15, -0.1) is 11.8 Å². The molecule has 0 rings (SSSR count). The molecule has 8 nitrogen and oxygen atoms in total. The maximum Gasteiger partial charge on any atom is 0.318 e. The predicted octanol–water partition coefficient (Wildman–Crippen LogP) is -0.688. The Hall–Kier alpha value is -0.870. The summed E-state index contributed by atoms with van der Waals surface area (Å²) in [4.78, 5) is 22.0. The molecule has 156 valence electrons. The van der Waals surface area contributed by atoms with Crippen LogP contribution >= 0.6 is 11.8 Å². The minimum atomic E-state index is -1.16. The van der Waals surface area contributed by atoms with Gasteiger partial charge in [-0.05, 0) is 20.3 Å². The predicted molar refractivity (Wildman–Crippen MR) is 97.4 cm³/mol. The van der Waals surface area contributed by atoms with E-state index in [1.165, 1.54) is 6.92 Å². The normalized spacial score (nSPS) is 13.3. The molecule has 4 N–H and O–H groups in total. The number of carboxylic acids is 1. The third-order valence-electron chi connectivity index (χ3n) is 3.66. The highest BCUT2D eigenvalue weighted by Crippen LogP contribution is 2.18. The van der Waals surface area contributed by atoms with Crippen LogP contribution in [0, 0.1) is 5.41 Å². The second-order valence-electron chi connectivity index (χ2n) is 6.10. The quantitative estimate of drug-likeness (QED) is 0.234. The van der Waals surface area contributed by atoms with Gasteiger partial charge in [0.2, 0.25) is 0 Å². The van der Waals surface area contributed by atoms with Gasteiger partial charge in [-0.3, -0.25) is 4.79 Å². The Labute approximate surface area is 159 Å². The van der Waals surface area contributed by atoms with Crippen molar-refractivity contribution in [1.82, 2.24) is 0 Å².